The highest BCUT2D eigenvalue weighted by atomic mass is 127. The summed E-state index contributed by atoms with van der Waals surface area (Å²) in [6.45, 7) is 3.16. The lowest BCUT2D eigenvalue weighted by Gasteiger charge is -2.18. The summed E-state index contributed by atoms with van der Waals surface area (Å²) < 4.78 is 31.7. The van der Waals surface area contributed by atoms with Gasteiger partial charge in [-0.05, 0) is 30.2 Å². The Labute approximate surface area is 190 Å². The summed E-state index contributed by atoms with van der Waals surface area (Å²) in [5, 5.41) is 6.58. The Morgan fingerprint density at radius 2 is 1.76 bits per heavy atom. The number of sulfonamides is 1. The van der Waals surface area contributed by atoms with Crippen molar-refractivity contribution in [2.75, 3.05) is 27.3 Å². The van der Waals surface area contributed by atoms with Gasteiger partial charge in [-0.25, -0.2) is 13.1 Å². The zero-order valence-corrected chi connectivity index (χ0v) is 20.0. The smallest absolute Gasteiger partial charge is 0.240 e. The molecule has 2 rings (SSSR count). The molecular weight excluding hydrogens is 503 g/mol. The number of benzene rings is 2. The molecule has 0 aliphatic rings. The van der Waals surface area contributed by atoms with Gasteiger partial charge in [0.25, 0.3) is 0 Å². The van der Waals surface area contributed by atoms with Crippen molar-refractivity contribution in [2.45, 2.75) is 24.4 Å². The minimum Gasteiger partial charge on any atom is -0.383 e. The highest BCUT2D eigenvalue weighted by Gasteiger charge is 2.13. The molecule has 160 valence electrons. The minimum absolute atomic E-state index is 0. The first-order valence-corrected chi connectivity index (χ1v) is 10.5. The van der Waals surface area contributed by atoms with Crippen LogP contribution in [0.15, 0.2) is 64.5 Å². The first kappa shape index (κ1) is 25.3. The fourth-order valence-corrected chi connectivity index (χ4v) is 3.57. The number of nitrogens with one attached hydrogen (secondary N) is 3. The summed E-state index contributed by atoms with van der Waals surface area (Å²) in [6, 6.07) is 17.0. The highest BCUT2D eigenvalue weighted by molar-refractivity contribution is 14.0. The Morgan fingerprint density at radius 3 is 2.34 bits per heavy atom. The Bertz CT molecular complexity index is 859. The van der Waals surface area contributed by atoms with E-state index in [4.69, 9.17) is 4.74 Å². The van der Waals surface area contributed by atoms with Gasteiger partial charge in [0.05, 0.1) is 17.5 Å². The van der Waals surface area contributed by atoms with Crippen LogP contribution in [-0.2, 0) is 21.3 Å². The SMILES string of the molecule is CN=C(NCc1ccc(S(=O)(=O)NCCOC)cc1)NC(C)c1ccccc1.I. The second-order valence-electron chi connectivity index (χ2n) is 6.24. The van der Waals surface area contributed by atoms with Crippen LogP contribution in [-0.4, -0.2) is 41.7 Å². The van der Waals surface area contributed by atoms with Crippen molar-refractivity contribution in [1.82, 2.24) is 15.4 Å². The van der Waals surface area contributed by atoms with Crippen LogP contribution in [0.4, 0.5) is 0 Å². The van der Waals surface area contributed by atoms with E-state index in [0.29, 0.717) is 19.1 Å². The molecule has 0 aromatic heterocycles. The third-order valence-electron chi connectivity index (χ3n) is 4.17. The molecule has 9 heteroatoms. The van der Waals surface area contributed by atoms with Crippen molar-refractivity contribution in [3.05, 3.63) is 65.7 Å². The molecule has 1 unspecified atom stereocenters. The standard InChI is InChI=1S/C20H28N4O3S.HI/c1-16(18-7-5-4-6-8-18)24-20(21-2)22-15-17-9-11-19(12-10-17)28(25,26)23-13-14-27-3;/h4-12,16,23H,13-15H2,1-3H3,(H2,21,22,24);1H. The zero-order valence-electron chi connectivity index (χ0n) is 16.9. The maximum atomic E-state index is 12.2. The Morgan fingerprint density at radius 1 is 1.10 bits per heavy atom. The molecule has 0 saturated heterocycles. The molecule has 2 aromatic rings. The highest BCUT2D eigenvalue weighted by Crippen LogP contribution is 2.12. The lowest BCUT2D eigenvalue weighted by atomic mass is 10.1. The van der Waals surface area contributed by atoms with Crippen molar-refractivity contribution in [3.8, 4) is 0 Å². The normalized spacial score (nSPS) is 12.7. The van der Waals surface area contributed by atoms with Gasteiger partial charge in [-0.2, -0.15) is 0 Å². The predicted molar refractivity (Wildman–Crippen MR) is 127 cm³/mol. The van der Waals surface area contributed by atoms with Crippen LogP contribution >= 0.6 is 24.0 Å². The summed E-state index contributed by atoms with van der Waals surface area (Å²) in [4.78, 5) is 4.47. The van der Waals surface area contributed by atoms with Crippen molar-refractivity contribution in [1.29, 1.82) is 0 Å². The molecule has 3 N–H and O–H groups in total. The number of hydrogen-bond donors (Lipinski definition) is 3. The molecule has 2 aromatic carbocycles. The number of hydrogen-bond acceptors (Lipinski definition) is 4. The Kier molecular flexibility index (Phi) is 11.2. The second kappa shape index (κ2) is 12.8. The topological polar surface area (TPSA) is 91.8 Å². The van der Waals surface area contributed by atoms with E-state index in [1.54, 1.807) is 31.3 Å². The molecule has 0 radical (unpaired) electrons. The largest absolute Gasteiger partial charge is 0.383 e. The Hall–Kier alpha value is -1.69. The van der Waals surface area contributed by atoms with E-state index < -0.39 is 10.0 Å². The molecule has 7 nitrogen and oxygen atoms in total. The van der Waals surface area contributed by atoms with E-state index in [1.807, 2.05) is 18.2 Å². The predicted octanol–water partition coefficient (Wildman–Crippen LogP) is 2.66. The van der Waals surface area contributed by atoms with Crippen molar-refractivity contribution < 1.29 is 13.2 Å². The van der Waals surface area contributed by atoms with Crippen LogP contribution in [0.1, 0.15) is 24.1 Å². The lowest BCUT2D eigenvalue weighted by molar-refractivity contribution is 0.204. The number of guanidine groups is 1. The lowest BCUT2D eigenvalue weighted by Crippen LogP contribution is -2.38. The van der Waals surface area contributed by atoms with Crippen LogP contribution in [0.25, 0.3) is 0 Å². The number of rotatable bonds is 9. The molecule has 0 bridgehead atoms. The van der Waals surface area contributed by atoms with Gasteiger partial charge in [0.15, 0.2) is 5.96 Å². The summed E-state index contributed by atoms with van der Waals surface area (Å²) >= 11 is 0. The first-order chi connectivity index (χ1) is 13.5. The van der Waals surface area contributed by atoms with Gasteiger partial charge in [-0.3, -0.25) is 4.99 Å². The minimum atomic E-state index is -3.52. The molecule has 0 fully saturated rings. The second-order valence-corrected chi connectivity index (χ2v) is 8.00. The quantitative estimate of drug-likeness (QED) is 0.200. The number of nitrogens with zero attached hydrogens (tertiary/aromatic N) is 1. The van der Waals surface area contributed by atoms with Crippen molar-refractivity contribution >= 4 is 40.0 Å². The van der Waals surface area contributed by atoms with E-state index >= 15 is 0 Å². The molecule has 0 aliphatic carbocycles. The number of ether oxygens (including phenoxy) is 1. The van der Waals surface area contributed by atoms with Gasteiger partial charge in [-0.1, -0.05) is 42.5 Å². The van der Waals surface area contributed by atoms with E-state index in [1.165, 1.54) is 12.7 Å². The average molecular weight is 532 g/mol. The molecular formula is C20H29IN4O3S. The molecule has 0 saturated carbocycles. The van der Waals surface area contributed by atoms with E-state index in [9.17, 15) is 8.42 Å². The summed E-state index contributed by atoms with van der Waals surface area (Å²) in [6.07, 6.45) is 0. The van der Waals surface area contributed by atoms with Gasteiger partial charge in [-0.15, -0.1) is 24.0 Å². The zero-order chi connectivity index (χ0) is 20.4. The number of halogens is 1. The number of aliphatic imine (C=N–C) groups is 1. The first-order valence-electron chi connectivity index (χ1n) is 9.06. The van der Waals surface area contributed by atoms with Crippen LogP contribution in [0, 0.1) is 0 Å². The molecule has 0 amide bonds. The van der Waals surface area contributed by atoms with Crippen molar-refractivity contribution in [3.63, 3.8) is 0 Å². The van der Waals surface area contributed by atoms with E-state index in [0.717, 1.165) is 5.56 Å². The van der Waals surface area contributed by atoms with Crippen LogP contribution < -0.4 is 15.4 Å². The average Bonchev–Trinajstić information content (AvgIpc) is 2.72. The fraction of sp³-hybridized carbons (Fsp3) is 0.350. The van der Waals surface area contributed by atoms with Gasteiger partial charge in [0.2, 0.25) is 10.0 Å². The van der Waals surface area contributed by atoms with Gasteiger partial charge >= 0.3 is 0 Å². The van der Waals surface area contributed by atoms with Crippen molar-refractivity contribution in [2.24, 2.45) is 4.99 Å². The third kappa shape index (κ3) is 8.29. The van der Waals surface area contributed by atoms with Gasteiger partial charge in [0, 0.05) is 27.2 Å². The molecule has 29 heavy (non-hydrogen) atoms. The summed E-state index contributed by atoms with van der Waals surface area (Å²) in [5.74, 6) is 0.675. The third-order valence-corrected chi connectivity index (χ3v) is 5.65. The van der Waals surface area contributed by atoms with Gasteiger partial charge in [0.1, 0.15) is 0 Å². The molecule has 0 aliphatic heterocycles. The molecule has 0 spiro atoms. The number of methoxy groups -OCH3 is 1. The summed E-state index contributed by atoms with van der Waals surface area (Å²) in [5.41, 5.74) is 2.12. The maximum absolute atomic E-state index is 12.2. The summed E-state index contributed by atoms with van der Waals surface area (Å²) in [7, 11) is -0.274. The molecule has 1 atom stereocenters. The van der Waals surface area contributed by atoms with E-state index in [-0.39, 0.29) is 41.5 Å². The Balaban J connectivity index is 0.00000420. The maximum Gasteiger partial charge on any atom is 0.240 e. The fourth-order valence-electron chi connectivity index (χ4n) is 2.56. The van der Waals surface area contributed by atoms with Gasteiger partial charge < -0.3 is 15.4 Å². The van der Waals surface area contributed by atoms with Crippen LogP contribution in [0.3, 0.4) is 0 Å². The molecule has 0 heterocycles. The van der Waals surface area contributed by atoms with Crippen LogP contribution in [0.2, 0.25) is 0 Å². The van der Waals surface area contributed by atoms with E-state index in [2.05, 4.69) is 39.4 Å². The monoisotopic (exact) mass is 532 g/mol. The van der Waals surface area contributed by atoms with Crippen LogP contribution in [0.5, 0.6) is 0 Å².